The van der Waals surface area contributed by atoms with Crippen molar-refractivity contribution in [1.82, 2.24) is 9.62 Å². The van der Waals surface area contributed by atoms with Crippen LogP contribution in [0.3, 0.4) is 0 Å². The molecule has 0 bridgehead atoms. The molecule has 116 valence electrons. The number of benzene rings is 1. The summed E-state index contributed by atoms with van der Waals surface area (Å²) < 4.78 is 27.1. The van der Waals surface area contributed by atoms with E-state index in [1.165, 1.54) is 25.0 Å². The molecular formula is C14H21N3O2S2. The van der Waals surface area contributed by atoms with Crippen molar-refractivity contribution in [3.05, 3.63) is 29.8 Å². The molecule has 1 aromatic rings. The van der Waals surface area contributed by atoms with Gasteiger partial charge in [-0.25, -0.2) is 13.1 Å². The van der Waals surface area contributed by atoms with Crippen LogP contribution in [-0.4, -0.2) is 44.0 Å². The van der Waals surface area contributed by atoms with Gasteiger partial charge >= 0.3 is 0 Å². The van der Waals surface area contributed by atoms with E-state index >= 15 is 0 Å². The summed E-state index contributed by atoms with van der Waals surface area (Å²) in [6, 6.07) is 7.06. The summed E-state index contributed by atoms with van der Waals surface area (Å²) in [5.74, 6) is 0. The van der Waals surface area contributed by atoms with Crippen LogP contribution in [0.25, 0.3) is 0 Å². The number of hydrogen-bond donors (Lipinski definition) is 2. The summed E-state index contributed by atoms with van der Waals surface area (Å²) >= 11 is 4.85. The van der Waals surface area contributed by atoms with Crippen molar-refractivity contribution in [2.24, 2.45) is 5.73 Å². The van der Waals surface area contributed by atoms with Gasteiger partial charge in [0, 0.05) is 24.2 Å². The highest BCUT2D eigenvalue weighted by molar-refractivity contribution is 7.89. The Labute approximate surface area is 131 Å². The lowest BCUT2D eigenvalue weighted by atomic mass is 10.2. The molecule has 3 N–H and O–H groups in total. The second-order valence-corrected chi connectivity index (χ2v) is 7.69. The highest BCUT2D eigenvalue weighted by Gasteiger charge is 2.29. The molecule has 1 fully saturated rings. The van der Waals surface area contributed by atoms with Crippen LogP contribution in [0.5, 0.6) is 0 Å². The standard InChI is InChI=1S/C14H21N3O2S2/c1-10(17(2)12-5-6-12)9-16-21(18,19)13-7-3-11(4-8-13)14(15)20/h3-4,7-8,10,12,16H,5-6,9H2,1-2H3,(H2,15,20). The predicted octanol–water partition coefficient (Wildman–Crippen LogP) is 1.08. The second-order valence-electron chi connectivity index (χ2n) is 5.49. The second kappa shape index (κ2) is 6.39. The maximum atomic E-state index is 12.2. The number of nitrogens with two attached hydrogens (primary N) is 1. The fourth-order valence-corrected chi connectivity index (χ4v) is 3.36. The molecule has 1 atom stereocenters. The van der Waals surface area contributed by atoms with Crippen LogP contribution in [-0.2, 0) is 10.0 Å². The Morgan fingerprint density at radius 3 is 2.48 bits per heavy atom. The van der Waals surface area contributed by atoms with Crippen LogP contribution in [0, 0.1) is 0 Å². The minimum atomic E-state index is -3.50. The number of nitrogens with one attached hydrogen (secondary N) is 1. The molecule has 21 heavy (non-hydrogen) atoms. The monoisotopic (exact) mass is 327 g/mol. The first-order valence-corrected chi connectivity index (χ1v) is 8.82. The zero-order chi connectivity index (χ0) is 15.6. The van der Waals surface area contributed by atoms with Crippen LogP contribution < -0.4 is 10.5 Å². The third-order valence-electron chi connectivity index (χ3n) is 3.84. The zero-order valence-electron chi connectivity index (χ0n) is 12.2. The number of sulfonamides is 1. The molecule has 0 radical (unpaired) electrons. The highest BCUT2D eigenvalue weighted by Crippen LogP contribution is 2.26. The van der Waals surface area contributed by atoms with Gasteiger partial charge in [0.15, 0.2) is 0 Å². The fraction of sp³-hybridized carbons (Fsp3) is 0.500. The van der Waals surface area contributed by atoms with Crippen LogP contribution in [0.1, 0.15) is 25.3 Å². The van der Waals surface area contributed by atoms with E-state index in [1.807, 2.05) is 14.0 Å². The van der Waals surface area contributed by atoms with Crippen molar-refractivity contribution in [2.75, 3.05) is 13.6 Å². The maximum Gasteiger partial charge on any atom is 0.240 e. The van der Waals surface area contributed by atoms with Crippen LogP contribution in [0.15, 0.2) is 29.2 Å². The Morgan fingerprint density at radius 2 is 2.00 bits per heavy atom. The first-order chi connectivity index (χ1) is 9.81. The summed E-state index contributed by atoms with van der Waals surface area (Å²) in [5.41, 5.74) is 6.16. The van der Waals surface area contributed by atoms with Crippen molar-refractivity contribution in [2.45, 2.75) is 36.7 Å². The lowest BCUT2D eigenvalue weighted by Crippen LogP contribution is -2.41. The van der Waals surface area contributed by atoms with Gasteiger partial charge in [0.25, 0.3) is 0 Å². The molecule has 1 saturated carbocycles. The quantitative estimate of drug-likeness (QED) is 0.733. The van der Waals surface area contributed by atoms with E-state index in [0.717, 1.165) is 0 Å². The van der Waals surface area contributed by atoms with E-state index in [0.29, 0.717) is 18.2 Å². The largest absolute Gasteiger partial charge is 0.389 e. The van der Waals surface area contributed by atoms with E-state index in [-0.39, 0.29) is 15.9 Å². The molecule has 0 spiro atoms. The molecule has 7 heteroatoms. The van der Waals surface area contributed by atoms with Crippen LogP contribution >= 0.6 is 12.2 Å². The molecule has 2 rings (SSSR count). The summed E-state index contributed by atoms with van der Waals surface area (Å²) in [7, 11) is -1.46. The molecule has 0 heterocycles. The van der Waals surface area contributed by atoms with Gasteiger partial charge in [-0.1, -0.05) is 24.4 Å². The van der Waals surface area contributed by atoms with Crippen LogP contribution in [0.2, 0.25) is 0 Å². The molecule has 5 nitrogen and oxygen atoms in total. The first-order valence-electron chi connectivity index (χ1n) is 6.93. The lowest BCUT2D eigenvalue weighted by Gasteiger charge is -2.24. The normalized spacial score (nSPS) is 16.9. The molecule has 0 aromatic heterocycles. The summed E-state index contributed by atoms with van der Waals surface area (Å²) in [6.07, 6.45) is 2.40. The van der Waals surface area contributed by atoms with E-state index in [2.05, 4.69) is 9.62 Å². The smallest absolute Gasteiger partial charge is 0.240 e. The van der Waals surface area contributed by atoms with Gasteiger partial charge in [-0.15, -0.1) is 0 Å². The summed E-state index contributed by atoms with van der Waals surface area (Å²) in [4.78, 5) is 2.70. The number of rotatable bonds is 7. The third-order valence-corrected chi connectivity index (χ3v) is 5.51. The molecule has 0 aliphatic heterocycles. The molecule has 1 aliphatic carbocycles. The Bertz CT molecular complexity index is 610. The molecule has 0 amide bonds. The van der Waals surface area contributed by atoms with Gasteiger partial charge in [0.1, 0.15) is 4.99 Å². The van der Waals surface area contributed by atoms with Gasteiger partial charge < -0.3 is 5.73 Å². The van der Waals surface area contributed by atoms with Gasteiger partial charge in [-0.05, 0) is 38.9 Å². The van der Waals surface area contributed by atoms with E-state index < -0.39 is 10.0 Å². The minimum Gasteiger partial charge on any atom is -0.389 e. The topological polar surface area (TPSA) is 75.4 Å². The van der Waals surface area contributed by atoms with Crippen molar-refractivity contribution < 1.29 is 8.42 Å². The van der Waals surface area contributed by atoms with Crippen LogP contribution in [0.4, 0.5) is 0 Å². The number of hydrogen-bond acceptors (Lipinski definition) is 4. The van der Waals surface area contributed by atoms with Crippen molar-refractivity contribution in [1.29, 1.82) is 0 Å². The van der Waals surface area contributed by atoms with Crippen molar-refractivity contribution in [3.8, 4) is 0 Å². The number of nitrogens with zero attached hydrogens (tertiary/aromatic N) is 1. The number of likely N-dealkylation sites (N-methyl/N-ethyl adjacent to an activating group) is 1. The fourth-order valence-electron chi connectivity index (χ4n) is 2.10. The summed E-state index contributed by atoms with van der Waals surface area (Å²) in [6.45, 7) is 2.42. The van der Waals surface area contributed by atoms with Gasteiger partial charge in [0.2, 0.25) is 10.0 Å². The Kier molecular flexibility index (Phi) is 4.98. The van der Waals surface area contributed by atoms with Crippen molar-refractivity contribution in [3.63, 3.8) is 0 Å². The molecule has 1 aliphatic rings. The number of thiocarbonyl (C=S) groups is 1. The first kappa shape index (κ1) is 16.4. The van der Waals surface area contributed by atoms with Crippen molar-refractivity contribution >= 4 is 27.2 Å². The maximum absolute atomic E-state index is 12.2. The van der Waals surface area contributed by atoms with E-state index in [1.54, 1.807) is 12.1 Å². The Balaban J connectivity index is 1.99. The molecule has 1 aromatic carbocycles. The minimum absolute atomic E-state index is 0.170. The average Bonchev–Trinajstić information content (AvgIpc) is 3.28. The molecule has 1 unspecified atom stereocenters. The lowest BCUT2D eigenvalue weighted by molar-refractivity contribution is 0.248. The third kappa shape index (κ3) is 4.23. The molecule has 0 saturated heterocycles. The zero-order valence-corrected chi connectivity index (χ0v) is 13.9. The predicted molar refractivity (Wildman–Crippen MR) is 87.8 cm³/mol. The average molecular weight is 327 g/mol. The van der Waals surface area contributed by atoms with E-state index in [4.69, 9.17) is 18.0 Å². The van der Waals surface area contributed by atoms with E-state index in [9.17, 15) is 8.42 Å². The van der Waals surface area contributed by atoms with Gasteiger partial charge in [0.05, 0.1) is 4.90 Å². The summed E-state index contributed by atoms with van der Waals surface area (Å²) in [5, 5.41) is 0. The SMILES string of the molecule is CC(CNS(=O)(=O)c1ccc(C(N)=S)cc1)N(C)C1CC1. The Hall–Kier alpha value is -1.02. The highest BCUT2D eigenvalue weighted by atomic mass is 32.2. The Morgan fingerprint density at radius 1 is 1.43 bits per heavy atom. The molecular weight excluding hydrogens is 306 g/mol. The van der Waals surface area contributed by atoms with Gasteiger partial charge in [-0.3, -0.25) is 4.90 Å². The van der Waals surface area contributed by atoms with Gasteiger partial charge in [-0.2, -0.15) is 0 Å².